The molecule has 0 atom stereocenters. The third kappa shape index (κ3) is 1.44. The highest BCUT2D eigenvalue weighted by molar-refractivity contribution is 5.31. The molecule has 0 bridgehead atoms. The Balaban J connectivity index is 2.03. The molecule has 4 heteroatoms. The van der Waals surface area contributed by atoms with Crippen molar-refractivity contribution in [2.75, 3.05) is 18.0 Å². The number of anilines is 1. The van der Waals surface area contributed by atoms with Crippen LogP contribution in [0.5, 0.6) is 0 Å². The molecule has 2 heterocycles. The number of nitrogens with zero attached hydrogens (tertiary/aromatic N) is 2. The molecule has 0 amide bonds. The van der Waals surface area contributed by atoms with Gasteiger partial charge in [0.15, 0.2) is 0 Å². The Morgan fingerprint density at radius 3 is 2.73 bits per heavy atom. The summed E-state index contributed by atoms with van der Waals surface area (Å²) < 4.78 is 5.70. The molecule has 1 aliphatic carbocycles. The fourth-order valence-electron chi connectivity index (χ4n) is 2.39. The van der Waals surface area contributed by atoms with Crippen molar-refractivity contribution >= 4 is 6.01 Å². The van der Waals surface area contributed by atoms with E-state index >= 15 is 0 Å². The predicted molar refractivity (Wildman–Crippen MR) is 56.2 cm³/mol. The van der Waals surface area contributed by atoms with E-state index < -0.39 is 0 Å². The maximum Gasteiger partial charge on any atom is 0.300 e. The number of rotatable bonds is 1. The molecule has 80 valence electrons. The number of aryl methyl sites for hydroxylation is 1. The predicted octanol–water partition coefficient (Wildman–Crippen LogP) is 1.12. The van der Waals surface area contributed by atoms with Gasteiger partial charge in [0.2, 0.25) is 0 Å². The van der Waals surface area contributed by atoms with Crippen molar-refractivity contribution in [1.82, 2.24) is 4.98 Å². The highest BCUT2D eigenvalue weighted by Gasteiger charge is 2.22. The zero-order valence-corrected chi connectivity index (χ0v) is 8.66. The van der Waals surface area contributed by atoms with Gasteiger partial charge in [-0.2, -0.15) is 4.98 Å². The molecule has 1 aromatic rings. The second-order valence-corrected chi connectivity index (χ2v) is 4.25. The Morgan fingerprint density at radius 1 is 1.13 bits per heavy atom. The summed E-state index contributed by atoms with van der Waals surface area (Å²) in [6.07, 6.45) is 5.10. The van der Waals surface area contributed by atoms with E-state index in [2.05, 4.69) is 9.88 Å². The van der Waals surface area contributed by atoms with Crippen molar-refractivity contribution in [1.29, 1.82) is 0 Å². The average molecular weight is 206 g/mol. The van der Waals surface area contributed by atoms with Gasteiger partial charge in [0, 0.05) is 19.5 Å². The Bertz CT molecular complexity index is 433. The van der Waals surface area contributed by atoms with Crippen molar-refractivity contribution in [2.24, 2.45) is 0 Å². The lowest BCUT2D eigenvalue weighted by atomic mass is 10.3. The van der Waals surface area contributed by atoms with Crippen LogP contribution in [0.25, 0.3) is 0 Å². The van der Waals surface area contributed by atoms with Crippen LogP contribution in [0.1, 0.15) is 30.6 Å². The molecule has 3 rings (SSSR count). The summed E-state index contributed by atoms with van der Waals surface area (Å²) in [4.78, 5) is 17.8. The van der Waals surface area contributed by atoms with Crippen LogP contribution in [0.3, 0.4) is 0 Å². The van der Waals surface area contributed by atoms with Gasteiger partial charge in [-0.3, -0.25) is 4.79 Å². The van der Waals surface area contributed by atoms with E-state index in [9.17, 15) is 4.79 Å². The van der Waals surface area contributed by atoms with Crippen molar-refractivity contribution < 1.29 is 4.42 Å². The van der Waals surface area contributed by atoms with Crippen molar-refractivity contribution in [3.05, 3.63) is 21.7 Å². The molecule has 0 spiro atoms. The second kappa shape index (κ2) is 3.36. The number of aromatic nitrogens is 1. The molecule has 4 nitrogen and oxygen atoms in total. The van der Waals surface area contributed by atoms with Crippen LogP contribution in [0.15, 0.2) is 9.21 Å². The van der Waals surface area contributed by atoms with Crippen molar-refractivity contribution in [3.8, 4) is 0 Å². The van der Waals surface area contributed by atoms with Crippen LogP contribution in [0, 0.1) is 0 Å². The molecule has 0 aromatic carbocycles. The third-order valence-corrected chi connectivity index (χ3v) is 3.21. The summed E-state index contributed by atoms with van der Waals surface area (Å²) in [6, 6.07) is 0.540. The minimum Gasteiger partial charge on any atom is -0.430 e. The Labute approximate surface area is 87.9 Å². The van der Waals surface area contributed by atoms with E-state index in [0.29, 0.717) is 6.01 Å². The number of hydrogen-bond acceptors (Lipinski definition) is 4. The van der Waals surface area contributed by atoms with Gasteiger partial charge in [-0.25, -0.2) is 0 Å². The van der Waals surface area contributed by atoms with Gasteiger partial charge in [0.25, 0.3) is 5.56 Å². The maximum atomic E-state index is 11.7. The van der Waals surface area contributed by atoms with Crippen LogP contribution in [-0.2, 0) is 12.8 Å². The Morgan fingerprint density at radius 2 is 1.93 bits per heavy atom. The van der Waals surface area contributed by atoms with E-state index in [1.54, 1.807) is 0 Å². The van der Waals surface area contributed by atoms with Crippen LogP contribution in [0.4, 0.5) is 6.01 Å². The van der Waals surface area contributed by atoms with Gasteiger partial charge in [0.1, 0.15) is 5.76 Å². The Hall–Kier alpha value is -1.32. The molecule has 0 N–H and O–H groups in total. The summed E-state index contributed by atoms with van der Waals surface area (Å²) >= 11 is 0. The smallest absolute Gasteiger partial charge is 0.300 e. The van der Waals surface area contributed by atoms with E-state index in [4.69, 9.17) is 4.42 Å². The average Bonchev–Trinajstić information content (AvgIpc) is 2.88. The fraction of sp³-hybridized carbons (Fsp3) is 0.636. The maximum absolute atomic E-state index is 11.7. The SMILES string of the molecule is O=c1nc(N2CCCC2)oc2c1CCC2. The second-order valence-electron chi connectivity index (χ2n) is 4.25. The fourth-order valence-corrected chi connectivity index (χ4v) is 2.39. The standard InChI is InChI=1S/C11H14N2O2/c14-10-8-4-3-5-9(8)15-11(12-10)13-6-1-2-7-13/h1-7H2. The Kier molecular flexibility index (Phi) is 2.01. The van der Waals surface area contributed by atoms with Crippen LogP contribution in [0.2, 0.25) is 0 Å². The van der Waals surface area contributed by atoms with Gasteiger partial charge in [-0.15, -0.1) is 0 Å². The molecule has 2 aliphatic rings. The van der Waals surface area contributed by atoms with Gasteiger partial charge < -0.3 is 9.32 Å². The highest BCUT2D eigenvalue weighted by atomic mass is 16.4. The minimum atomic E-state index is -0.0735. The van der Waals surface area contributed by atoms with E-state index in [-0.39, 0.29) is 5.56 Å². The summed E-state index contributed by atoms with van der Waals surface area (Å²) in [5.41, 5.74) is 0.730. The molecule has 0 unspecified atom stereocenters. The third-order valence-electron chi connectivity index (χ3n) is 3.21. The van der Waals surface area contributed by atoms with E-state index in [1.165, 1.54) is 12.8 Å². The van der Waals surface area contributed by atoms with Crippen molar-refractivity contribution in [3.63, 3.8) is 0 Å². The normalized spacial score (nSPS) is 19.6. The first-order chi connectivity index (χ1) is 7.34. The molecule has 1 fully saturated rings. The number of fused-ring (bicyclic) bond motifs is 1. The van der Waals surface area contributed by atoms with Crippen LogP contribution >= 0.6 is 0 Å². The van der Waals surface area contributed by atoms with Crippen LogP contribution < -0.4 is 10.5 Å². The first kappa shape index (κ1) is 8.95. The lowest BCUT2D eigenvalue weighted by molar-refractivity contribution is 0.475. The highest BCUT2D eigenvalue weighted by Crippen LogP contribution is 2.23. The zero-order chi connectivity index (χ0) is 10.3. The molecule has 0 radical (unpaired) electrons. The summed E-state index contributed by atoms with van der Waals surface area (Å²) in [5, 5.41) is 0. The first-order valence-electron chi connectivity index (χ1n) is 5.62. The largest absolute Gasteiger partial charge is 0.430 e. The van der Waals surface area contributed by atoms with E-state index in [1.807, 2.05) is 0 Å². The first-order valence-corrected chi connectivity index (χ1v) is 5.62. The van der Waals surface area contributed by atoms with E-state index in [0.717, 1.165) is 43.7 Å². The topological polar surface area (TPSA) is 46.3 Å². The minimum absolute atomic E-state index is 0.0735. The quantitative estimate of drug-likeness (QED) is 0.691. The van der Waals surface area contributed by atoms with Crippen LogP contribution in [-0.4, -0.2) is 18.1 Å². The van der Waals surface area contributed by atoms with Crippen molar-refractivity contribution in [2.45, 2.75) is 32.1 Å². The molecule has 1 aliphatic heterocycles. The summed E-state index contributed by atoms with van der Waals surface area (Å²) in [7, 11) is 0. The molecule has 0 saturated carbocycles. The molecular formula is C11H14N2O2. The monoisotopic (exact) mass is 206 g/mol. The lowest BCUT2D eigenvalue weighted by Gasteiger charge is -2.14. The molecule has 15 heavy (non-hydrogen) atoms. The summed E-state index contributed by atoms with van der Waals surface area (Å²) in [5.74, 6) is 0.872. The molecule has 1 aromatic heterocycles. The zero-order valence-electron chi connectivity index (χ0n) is 8.66. The lowest BCUT2D eigenvalue weighted by Crippen LogP contribution is -2.23. The van der Waals surface area contributed by atoms with Gasteiger partial charge in [0.05, 0.1) is 5.56 Å². The van der Waals surface area contributed by atoms with Gasteiger partial charge >= 0.3 is 6.01 Å². The number of hydrogen-bond donors (Lipinski definition) is 0. The van der Waals surface area contributed by atoms with Gasteiger partial charge in [-0.05, 0) is 25.7 Å². The molecular weight excluding hydrogens is 192 g/mol. The molecule has 1 saturated heterocycles. The summed E-state index contributed by atoms with van der Waals surface area (Å²) in [6.45, 7) is 1.93. The van der Waals surface area contributed by atoms with Gasteiger partial charge in [-0.1, -0.05) is 0 Å².